The van der Waals surface area contributed by atoms with Crippen LogP contribution in [0, 0.1) is 11.7 Å². The summed E-state index contributed by atoms with van der Waals surface area (Å²) in [5.41, 5.74) is 1.83. The van der Waals surface area contributed by atoms with Crippen LogP contribution in [0.1, 0.15) is 12.8 Å². The molecule has 2 aromatic carbocycles. The van der Waals surface area contributed by atoms with Gasteiger partial charge < -0.3 is 19.5 Å². The first kappa shape index (κ1) is 20.1. The molecule has 0 spiro atoms. The van der Waals surface area contributed by atoms with Gasteiger partial charge in [0.15, 0.2) is 5.13 Å². The van der Waals surface area contributed by atoms with E-state index in [0.717, 1.165) is 23.1 Å². The second-order valence-electron chi connectivity index (χ2n) is 7.35. The predicted molar refractivity (Wildman–Crippen MR) is 116 cm³/mol. The van der Waals surface area contributed by atoms with E-state index in [9.17, 15) is 23.5 Å². The molecule has 5 rings (SSSR count). The van der Waals surface area contributed by atoms with E-state index >= 15 is 0 Å². The highest BCUT2D eigenvalue weighted by molar-refractivity contribution is 7.59. The van der Waals surface area contributed by atoms with Gasteiger partial charge in [0, 0.05) is 17.0 Å². The topological polar surface area (TPSA) is 113 Å². The van der Waals surface area contributed by atoms with Crippen LogP contribution in [0.4, 0.5) is 9.52 Å². The lowest BCUT2D eigenvalue weighted by molar-refractivity contribution is -0.117. The van der Waals surface area contributed by atoms with E-state index in [-0.39, 0.29) is 17.6 Å². The highest BCUT2D eigenvalue weighted by Crippen LogP contribution is 2.39. The number of hydrogen-bond acceptors (Lipinski definition) is 5. The van der Waals surface area contributed by atoms with Crippen molar-refractivity contribution in [2.24, 2.45) is 5.92 Å². The first-order valence-corrected chi connectivity index (χ1v) is 11.9. The number of carbonyl (C=O) groups excluding carboxylic acids is 1. The van der Waals surface area contributed by atoms with Crippen LogP contribution in [-0.4, -0.2) is 20.7 Å². The van der Waals surface area contributed by atoms with E-state index < -0.39 is 18.9 Å². The molecular formula is C21H16FN2O5PS. The molecule has 0 atom stereocenters. The molecule has 3 N–H and O–H groups in total. The number of amides is 1. The first-order chi connectivity index (χ1) is 14.8. The summed E-state index contributed by atoms with van der Waals surface area (Å²) < 4.78 is 31.9. The number of nitrogens with zero attached hydrogens (tertiary/aromatic N) is 1. The first-order valence-electron chi connectivity index (χ1n) is 9.45. The average Bonchev–Trinajstić information content (AvgIpc) is 3.28. The molecule has 10 heteroatoms. The van der Waals surface area contributed by atoms with Gasteiger partial charge in [0.1, 0.15) is 11.6 Å². The largest absolute Gasteiger partial charge is 0.448 e. The lowest BCUT2D eigenvalue weighted by Gasteiger charge is -2.06. The minimum atomic E-state index is -4.55. The third kappa shape index (κ3) is 4.05. The Morgan fingerprint density at radius 1 is 1.16 bits per heavy atom. The summed E-state index contributed by atoms with van der Waals surface area (Å²) in [7, 11) is -4.55. The number of benzene rings is 2. The van der Waals surface area contributed by atoms with E-state index in [1.165, 1.54) is 35.6 Å². The fraction of sp³-hybridized carbons (Fsp3) is 0.143. The van der Waals surface area contributed by atoms with E-state index in [0.29, 0.717) is 21.8 Å². The van der Waals surface area contributed by atoms with Gasteiger partial charge in [-0.15, -0.1) is 0 Å². The molecule has 0 radical (unpaired) electrons. The van der Waals surface area contributed by atoms with Crippen LogP contribution in [0.3, 0.4) is 0 Å². The fourth-order valence-corrected chi connectivity index (χ4v) is 4.80. The molecule has 0 unspecified atom stereocenters. The zero-order valence-corrected chi connectivity index (χ0v) is 17.6. The molecule has 0 aliphatic heterocycles. The van der Waals surface area contributed by atoms with Gasteiger partial charge in [0.05, 0.1) is 10.2 Å². The highest BCUT2D eigenvalue weighted by Gasteiger charge is 2.30. The summed E-state index contributed by atoms with van der Waals surface area (Å²) >= 11 is 1.32. The Morgan fingerprint density at radius 3 is 2.65 bits per heavy atom. The van der Waals surface area contributed by atoms with E-state index in [1.807, 2.05) is 12.1 Å². The van der Waals surface area contributed by atoms with Gasteiger partial charge in [0.2, 0.25) is 11.4 Å². The zero-order valence-electron chi connectivity index (χ0n) is 15.9. The number of halogens is 1. The van der Waals surface area contributed by atoms with Gasteiger partial charge in [-0.1, -0.05) is 23.5 Å². The molecule has 7 nitrogen and oxygen atoms in total. The standard InChI is InChI=1S/C21H16FN2O5PS/c22-14-9-12(8-13(10-14)17-6-7-18(29-17)30(26,27)28)15-2-1-3-16-19(15)31-21(23-16)24-20(25)11-4-5-11/h1-3,6-11H,4-5H2,(H,23,24,25)(H2,26,27,28). The molecule has 0 saturated heterocycles. The van der Waals surface area contributed by atoms with Crippen molar-refractivity contribution in [3.05, 3.63) is 54.3 Å². The number of nitrogens with one attached hydrogen (secondary N) is 1. The number of thiazole rings is 1. The van der Waals surface area contributed by atoms with Crippen LogP contribution >= 0.6 is 18.9 Å². The van der Waals surface area contributed by atoms with E-state index in [4.69, 9.17) is 4.42 Å². The van der Waals surface area contributed by atoms with Crippen LogP contribution in [0.2, 0.25) is 0 Å². The van der Waals surface area contributed by atoms with Gasteiger partial charge in [-0.25, -0.2) is 9.37 Å². The Kier molecular flexibility index (Phi) is 4.79. The van der Waals surface area contributed by atoms with Gasteiger partial charge >= 0.3 is 7.60 Å². The third-order valence-corrected chi connectivity index (χ3v) is 6.80. The molecule has 0 bridgehead atoms. The van der Waals surface area contributed by atoms with Gasteiger partial charge in [0.25, 0.3) is 0 Å². The van der Waals surface area contributed by atoms with Gasteiger partial charge in [-0.05, 0) is 54.8 Å². The van der Waals surface area contributed by atoms with E-state index in [2.05, 4.69) is 10.3 Å². The quantitative estimate of drug-likeness (QED) is 0.379. The van der Waals surface area contributed by atoms with Crippen molar-refractivity contribution < 1.29 is 28.0 Å². The maximum atomic E-state index is 14.4. The van der Waals surface area contributed by atoms with Crippen LogP contribution < -0.4 is 10.8 Å². The monoisotopic (exact) mass is 458 g/mol. The maximum Gasteiger partial charge on any atom is 0.391 e. The van der Waals surface area contributed by atoms with Crippen molar-refractivity contribution >= 4 is 45.7 Å². The molecule has 1 aliphatic rings. The summed E-state index contributed by atoms with van der Waals surface area (Å²) in [5, 5.41) is 3.34. The number of hydrogen-bond donors (Lipinski definition) is 3. The summed E-state index contributed by atoms with van der Waals surface area (Å²) in [6, 6.07) is 12.3. The smallest absolute Gasteiger partial charge is 0.391 e. The molecule has 158 valence electrons. The van der Waals surface area contributed by atoms with Crippen LogP contribution in [0.25, 0.3) is 32.7 Å². The summed E-state index contributed by atoms with van der Waals surface area (Å²) in [6.07, 6.45) is 1.79. The van der Waals surface area contributed by atoms with Crippen molar-refractivity contribution in [3.63, 3.8) is 0 Å². The Bertz CT molecular complexity index is 1370. The third-order valence-electron chi connectivity index (χ3n) is 4.97. The van der Waals surface area contributed by atoms with E-state index in [1.54, 1.807) is 12.1 Å². The average molecular weight is 458 g/mol. The molecule has 2 aromatic heterocycles. The SMILES string of the molecule is O=C(Nc1nc2cccc(-c3cc(F)cc(-c4ccc(P(=O)(O)O)o4)c3)c2s1)C1CC1. The number of furan rings is 1. The number of rotatable bonds is 5. The number of carbonyl (C=O) groups is 1. The second kappa shape index (κ2) is 7.39. The summed E-state index contributed by atoms with van der Waals surface area (Å²) in [6.45, 7) is 0. The number of anilines is 1. The Hall–Kier alpha value is -2.84. The predicted octanol–water partition coefficient (Wildman–Crippen LogP) is 4.51. The molecular weight excluding hydrogens is 442 g/mol. The second-order valence-corrected chi connectivity index (χ2v) is 9.87. The van der Waals surface area contributed by atoms with Crippen LogP contribution in [0.5, 0.6) is 0 Å². The van der Waals surface area contributed by atoms with Crippen molar-refractivity contribution in [2.75, 3.05) is 5.32 Å². The molecule has 4 aromatic rings. The molecule has 1 aliphatic carbocycles. The lowest BCUT2D eigenvalue weighted by Crippen LogP contribution is -2.12. The molecule has 31 heavy (non-hydrogen) atoms. The number of aromatic nitrogens is 1. The van der Waals surface area contributed by atoms with Crippen LogP contribution in [-0.2, 0) is 9.36 Å². The van der Waals surface area contributed by atoms with Crippen molar-refractivity contribution in [1.82, 2.24) is 4.98 Å². The highest BCUT2D eigenvalue weighted by atomic mass is 32.1. The summed E-state index contributed by atoms with van der Waals surface area (Å²) in [4.78, 5) is 35.1. The van der Waals surface area contributed by atoms with Crippen molar-refractivity contribution in [2.45, 2.75) is 12.8 Å². The maximum absolute atomic E-state index is 14.4. The lowest BCUT2D eigenvalue weighted by atomic mass is 10.0. The minimum absolute atomic E-state index is 0.0349. The molecule has 1 amide bonds. The summed E-state index contributed by atoms with van der Waals surface area (Å²) in [5.74, 6) is -0.353. The molecule has 1 saturated carbocycles. The van der Waals surface area contributed by atoms with Crippen molar-refractivity contribution in [3.8, 4) is 22.5 Å². The fourth-order valence-electron chi connectivity index (χ4n) is 3.31. The van der Waals surface area contributed by atoms with Crippen molar-refractivity contribution in [1.29, 1.82) is 0 Å². The van der Waals surface area contributed by atoms with Gasteiger partial charge in [-0.3, -0.25) is 9.36 Å². The Morgan fingerprint density at radius 2 is 1.94 bits per heavy atom. The zero-order chi connectivity index (χ0) is 21.8. The van der Waals surface area contributed by atoms with Crippen LogP contribution in [0.15, 0.2) is 52.9 Å². The molecule has 2 heterocycles. The Balaban J connectivity index is 1.55. The Labute approximate surface area is 179 Å². The number of fused-ring (bicyclic) bond motifs is 1. The minimum Gasteiger partial charge on any atom is -0.448 e. The van der Waals surface area contributed by atoms with Gasteiger partial charge in [-0.2, -0.15) is 0 Å². The normalized spacial score (nSPS) is 14.2. The molecule has 1 fully saturated rings.